The van der Waals surface area contributed by atoms with Gasteiger partial charge in [-0.3, -0.25) is 9.59 Å². The summed E-state index contributed by atoms with van der Waals surface area (Å²) in [6.45, 7) is 1.64. The van der Waals surface area contributed by atoms with Gasteiger partial charge in [-0.1, -0.05) is 12.1 Å². The third-order valence-electron chi connectivity index (χ3n) is 7.94. The lowest BCUT2D eigenvalue weighted by atomic mass is 9.99. The number of hydrogen-bond donors (Lipinski definition) is 2. The number of aromatic nitrogens is 2. The third-order valence-corrected chi connectivity index (χ3v) is 7.94. The van der Waals surface area contributed by atoms with E-state index >= 15 is 4.39 Å². The number of ether oxygens (including phenoxy) is 3. The number of anilines is 3. The number of hydrogen-bond acceptors (Lipinski definition) is 7. The Kier molecular flexibility index (Phi) is 8.08. The van der Waals surface area contributed by atoms with Crippen LogP contribution in [0.1, 0.15) is 23.2 Å². The van der Waals surface area contributed by atoms with Gasteiger partial charge in [0.25, 0.3) is 5.91 Å². The molecule has 12 heteroatoms. The summed E-state index contributed by atoms with van der Waals surface area (Å²) in [4.78, 5) is 31.3. The molecule has 47 heavy (non-hydrogen) atoms. The average molecular weight is 641 g/mol. The van der Waals surface area contributed by atoms with E-state index in [1.165, 1.54) is 36.8 Å². The first-order valence-electron chi connectivity index (χ1n) is 14.9. The SMILES string of the molecule is O=C(Nc1ccc(Oc2ccnc3c2Oc2ccccc2N3)c(F)c1)c1cn(CC2CCOCC2)cc(-c2cc(F)cc(F)c2)c1=O. The Hall–Kier alpha value is -5.62. The molecule has 0 aliphatic carbocycles. The molecule has 0 spiro atoms. The summed E-state index contributed by atoms with van der Waals surface area (Å²) >= 11 is 0. The van der Waals surface area contributed by atoms with Gasteiger partial charge in [0.1, 0.15) is 17.2 Å². The van der Waals surface area contributed by atoms with Crippen molar-refractivity contribution in [2.75, 3.05) is 23.8 Å². The van der Waals surface area contributed by atoms with Crippen LogP contribution in [0.4, 0.5) is 30.4 Å². The molecule has 7 rings (SSSR count). The smallest absolute Gasteiger partial charge is 0.261 e. The molecule has 2 aliphatic heterocycles. The first-order valence-corrected chi connectivity index (χ1v) is 14.9. The fourth-order valence-electron chi connectivity index (χ4n) is 5.61. The van der Waals surface area contributed by atoms with Crippen LogP contribution in [0.15, 0.2) is 90.1 Å². The van der Waals surface area contributed by atoms with Crippen LogP contribution >= 0.6 is 0 Å². The van der Waals surface area contributed by atoms with E-state index in [4.69, 9.17) is 14.2 Å². The molecule has 3 aromatic carbocycles. The lowest BCUT2D eigenvalue weighted by molar-refractivity contribution is 0.0612. The molecule has 238 valence electrons. The van der Waals surface area contributed by atoms with E-state index in [9.17, 15) is 18.4 Å². The highest BCUT2D eigenvalue weighted by Gasteiger charge is 2.24. The molecule has 0 unspecified atom stereocenters. The summed E-state index contributed by atoms with van der Waals surface area (Å²) in [5.74, 6) is -1.82. The molecule has 4 heterocycles. The van der Waals surface area contributed by atoms with E-state index in [-0.39, 0.29) is 45.5 Å². The minimum Gasteiger partial charge on any atom is -0.450 e. The molecule has 2 aromatic heterocycles. The second kappa shape index (κ2) is 12.6. The zero-order chi connectivity index (χ0) is 32.5. The highest BCUT2D eigenvalue weighted by Crippen LogP contribution is 2.46. The van der Waals surface area contributed by atoms with Gasteiger partial charge in [0.2, 0.25) is 11.2 Å². The predicted octanol–water partition coefficient (Wildman–Crippen LogP) is 7.65. The minimum absolute atomic E-state index is 0.00334. The zero-order valence-electron chi connectivity index (χ0n) is 24.8. The van der Waals surface area contributed by atoms with Crippen molar-refractivity contribution in [1.82, 2.24) is 9.55 Å². The van der Waals surface area contributed by atoms with Gasteiger partial charge in [0, 0.05) is 67.8 Å². The molecular weight excluding hydrogens is 613 g/mol. The lowest BCUT2D eigenvalue weighted by Crippen LogP contribution is -2.26. The minimum atomic E-state index is -0.858. The number of para-hydroxylation sites is 2. The largest absolute Gasteiger partial charge is 0.450 e. The number of halogens is 3. The number of rotatable bonds is 7. The maximum atomic E-state index is 15.3. The first kappa shape index (κ1) is 30.1. The van der Waals surface area contributed by atoms with E-state index < -0.39 is 28.8 Å². The van der Waals surface area contributed by atoms with Crippen molar-refractivity contribution >= 4 is 23.1 Å². The molecule has 1 amide bonds. The van der Waals surface area contributed by atoms with Crippen molar-refractivity contribution < 1.29 is 32.2 Å². The van der Waals surface area contributed by atoms with Gasteiger partial charge in [-0.15, -0.1) is 0 Å². The molecule has 0 bridgehead atoms. The Morgan fingerprint density at radius 3 is 2.55 bits per heavy atom. The summed E-state index contributed by atoms with van der Waals surface area (Å²) in [6.07, 6.45) is 5.95. The predicted molar refractivity (Wildman–Crippen MR) is 168 cm³/mol. The van der Waals surface area contributed by atoms with Crippen LogP contribution in [-0.2, 0) is 11.3 Å². The maximum absolute atomic E-state index is 15.3. The van der Waals surface area contributed by atoms with Gasteiger partial charge in [-0.2, -0.15) is 0 Å². The fourth-order valence-corrected chi connectivity index (χ4v) is 5.61. The molecular formula is C35H27F3N4O5. The quantitative estimate of drug-likeness (QED) is 0.185. The Labute approximate surface area is 266 Å². The van der Waals surface area contributed by atoms with Crippen LogP contribution in [0.5, 0.6) is 23.0 Å². The zero-order valence-corrected chi connectivity index (χ0v) is 24.8. The molecule has 1 saturated heterocycles. The van der Waals surface area contributed by atoms with Crippen LogP contribution in [0.3, 0.4) is 0 Å². The normalized spacial score (nSPS) is 13.9. The van der Waals surface area contributed by atoms with Gasteiger partial charge >= 0.3 is 0 Å². The van der Waals surface area contributed by atoms with Crippen molar-refractivity contribution in [2.24, 2.45) is 5.92 Å². The van der Waals surface area contributed by atoms with Crippen molar-refractivity contribution in [3.05, 3.63) is 119 Å². The molecule has 2 N–H and O–H groups in total. The van der Waals surface area contributed by atoms with Gasteiger partial charge in [-0.05, 0) is 60.7 Å². The Morgan fingerprint density at radius 2 is 1.77 bits per heavy atom. The number of fused-ring (bicyclic) bond motifs is 2. The van der Waals surface area contributed by atoms with Crippen molar-refractivity contribution in [2.45, 2.75) is 19.4 Å². The van der Waals surface area contributed by atoms with E-state index in [1.807, 2.05) is 18.2 Å². The number of nitrogens with one attached hydrogen (secondary N) is 2. The average Bonchev–Trinajstić information content (AvgIpc) is 3.06. The van der Waals surface area contributed by atoms with E-state index in [0.29, 0.717) is 37.4 Å². The highest BCUT2D eigenvalue weighted by atomic mass is 19.1. The number of carbonyl (C=O) groups is 1. The standard InChI is InChI=1S/C35H27F3N4O5/c36-22-13-21(14-23(37)15-22)25-18-42(17-20-8-11-45-12-9-20)19-26(32(25)43)35(44)40-24-5-6-29(27(38)16-24)46-31-7-10-39-34-33(31)47-30-4-2-1-3-28(30)41-34/h1-7,10,13-16,18-20H,8-9,11-12,17H2,(H,39,41)(H,40,44). The van der Waals surface area contributed by atoms with Crippen molar-refractivity contribution in [1.29, 1.82) is 0 Å². The van der Waals surface area contributed by atoms with Gasteiger partial charge in [0.15, 0.2) is 28.9 Å². The Balaban J connectivity index is 1.15. The molecule has 0 saturated carbocycles. The van der Waals surface area contributed by atoms with E-state index in [0.717, 1.165) is 36.7 Å². The number of carbonyl (C=O) groups excluding carboxylic acids is 1. The number of nitrogens with zero attached hydrogens (tertiary/aromatic N) is 2. The summed E-state index contributed by atoms with van der Waals surface area (Å²) in [5, 5.41) is 5.71. The monoisotopic (exact) mass is 640 g/mol. The first-order chi connectivity index (χ1) is 22.8. The third kappa shape index (κ3) is 6.40. The molecule has 2 aliphatic rings. The molecule has 0 radical (unpaired) electrons. The van der Waals surface area contributed by atoms with Gasteiger partial charge in [-0.25, -0.2) is 18.2 Å². The van der Waals surface area contributed by atoms with Crippen LogP contribution in [0.2, 0.25) is 0 Å². The highest BCUT2D eigenvalue weighted by molar-refractivity contribution is 6.04. The second-order valence-corrected chi connectivity index (χ2v) is 11.2. The van der Waals surface area contributed by atoms with Crippen LogP contribution in [-0.4, -0.2) is 28.7 Å². The van der Waals surface area contributed by atoms with Crippen LogP contribution < -0.4 is 25.5 Å². The van der Waals surface area contributed by atoms with Crippen molar-refractivity contribution in [3.8, 4) is 34.1 Å². The molecule has 9 nitrogen and oxygen atoms in total. The van der Waals surface area contributed by atoms with E-state index in [2.05, 4.69) is 15.6 Å². The molecule has 5 aromatic rings. The van der Waals surface area contributed by atoms with Gasteiger partial charge < -0.3 is 29.4 Å². The Bertz CT molecular complexity index is 2040. The maximum Gasteiger partial charge on any atom is 0.261 e. The number of pyridine rings is 2. The van der Waals surface area contributed by atoms with E-state index in [1.54, 1.807) is 10.6 Å². The van der Waals surface area contributed by atoms with Gasteiger partial charge in [0.05, 0.1) is 5.69 Å². The number of amides is 1. The van der Waals surface area contributed by atoms with Crippen LogP contribution in [0.25, 0.3) is 11.1 Å². The van der Waals surface area contributed by atoms with Crippen LogP contribution in [0, 0.1) is 23.4 Å². The summed E-state index contributed by atoms with van der Waals surface area (Å²) in [7, 11) is 0. The van der Waals surface area contributed by atoms with Crippen molar-refractivity contribution in [3.63, 3.8) is 0 Å². The number of benzene rings is 3. The second-order valence-electron chi connectivity index (χ2n) is 11.2. The fraction of sp³-hybridized carbons (Fsp3) is 0.171. The summed E-state index contributed by atoms with van der Waals surface area (Å²) in [5.41, 5.74) is -0.266. The summed E-state index contributed by atoms with van der Waals surface area (Å²) < 4.78 is 62.5. The topological polar surface area (TPSA) is 104 Å². The molecule has 0 atom stereocenters. The molecule has 1 fully saturated rings. The lowest BCUT2D eigenvalue weighted by Gasteiger charge is -2.23. The summed E-state index contributed by atoms with van der Waals surface area (Å²) in [6, 6.07) is 15.4. The Morgan fingerprint density at radius 1 is 0.979 bits per heavy atom.